The fourth-order valence-electron chi connectivity index (χ4n) is 3.07. The Kier molecular flexibility index (Phi) is 3.50. The summed E-state index contributed by atoms with van der Waals surface area (Å²) in [4.78, 5) is 4.71. The molecule has 1 atom stereocenters. The molecule has 6 heteroatoms. The number of aryl methyl sites for hydroxylation is 2. The number of alkyl halides is 1. The second-order valence-electron chi connectivity index (χ2n) is 5.54. The molecule has 0 spiro atoms. The molecule has 0 aromatic carbocycles. The SMILES string of the molecule is CCOC1CC(n2c(C(C)Cl)nc3c(C)nn(C)c32)C1. The van der Waals surface area contributed by atoms with Crippen LogP contribution in [0.5, 0.6) is 0 Å². The summed E-state index contributed by atoms with van der Waals surface area (Å²) in [6.45, 7) is 6.78. The van der Waals surface area contributed by atoms with Crippen molar-refractivity contribution in [2.45, 2.75) is 51.1 Å². The number of imidazole rings is 1. The van der Waals surface area contributed by atoms with E-state index in [1.807, 2.05) is 32.5 Å². The van der Waals surface area contributed by atoms with Gasteiger partial charge in [0.1, 0.15) is 11.3 Å². The molecule has 110 valence electrons. The van der Waals surface area contributed by atoms with Gasteiger partial charge in [0.2, 0.25) is 0 Å². The Balaban J connectivity index is 2.02. The van der Waals surface area contributed by atoms with E-state index >= 15 is 0 Å². The van der Waals surface area contributed by atoms with E-state index in [9.17, 15) is 0 Å². The minimum absolute atomic E-state index is 0.104. The molecule has 20 heavy (non-hydrogen) atoms. The average Bonchev–Trinajstić information content (AvgIpc) is 2.84. The van der Waals surface area contributed by atoms with Gasteiger partial charge in [0.25, 0.3) is 0 Å². The molecular weight excluding hydrogens is 276 g/mol. The normalized spacial score (nSPS) is 24.1. The summed E-state index contributed by atoms with van der Waals surface area (Å²) in [6.07, 6.45) is 2.43. The van der Waals surface area contributed by atoms with Gasteiger partial charge in [0, 0.05) is 19.7 Å². The maximum Gasteiger partial charge on any atom is 0.158 e. The van der Waals surface area contributed by atoms with Crippen molar-refractivity contribution in [3.05, 3.63) is 11.5 Å². The van der Waals surface area contributed by atoms with Crippen LogP contribution < -0.4 is 0 Å². The summed E-state index contributed by atoms with van der Waals surface area (Å²) in [5.74, 6) is 0.942. The van der Waals surface area contributed by atoms with Crippen LogP contribution in [-0.4, -0.2) is 32.0 Å². The van der Waals surface area contributed by atoms with Gasteiger partial charge in [-0.3, -0.25) is 4.68 Å². The van der Waals surface area contributed by atoms with Gasteiger partial charge < -0.3 is 9.30 Å². The zero-order valence-corrected chi connectivity index (χ0v) is 13.2. The molecule has 2 heterocycles. The van der Waals surface area contributed by atoms with Gasteiger partial charge in [-0.05, 0) is 33.6 Å². The molecule has 0 N–H and O–H groups in total. The third kappa shape index (κ3) is 2.04. The summed E-state index contributed by atoms with van der Waals surface area (Å²) in [5, 5.41) is 4.36. The highest BCUT2D eigenvalue weighted by Crippen LogP contribution is 2.40. The molecule has 1 aliphatic rings. The maximum atomic E-state index is 6.32. The highest BCUT2D eigenvalue weighted by Gasteiger charge is 2.35. The lowest BCUT2D eigenvalue weighted by molar-refractivity contribution is -0.0195. The maximum absolute atomic E-state index is 6.32. The number of ether oxygens (including phenoxy) is 1. The number of halogens is 1. The van der Waals surface area contributed by atoms with E-state index in [1.165, 1.54) is 0 Å². The van der Waals surface area contributed by atoms with E-state index in [0.29, 0.717) is 12.1 Å². The minimum atomic E-state index is -0.104. The van der Waals surface area contributed by atoms with Crippen LogP contribution in [0.1, 0.15) is 49.6 Å². The van der Waals surface area contributed by atoms with Gasteiger partial charge in [-0.15, -0.1) is 11.6 Å². The molecule has 1 unspecified atom stereocenters. The van der Waals surface area contributed by atoms with Crippen molar-refractivity contribution in [3.8, 4) is 0 Å². The molecule has 5 nitrogen and oxygen atoms in total. The number of nitrogens with zero attached hydrogens (tertiary/aromatic N) is 4. The molecule has 0 radical (unpaired) electrons. The average molecular weight is 297 g/mol. The van der Waals surface area contributed by atoms with Crippen LogP contribution in [0.15, 0.2) is 0 Å². The van der Waals surface area contributed by atoms with Crippen molar-refractivity contribution in [1.29, 1.82) is 0 Å². The third-order valence-corrected chi connectivity index (χ3v) is 4.25. The standard InChI is InChI=1S/C14H21ClN4O/c1-5-20-11-6-10(7-11)19-13(8(2)15)16-12-9(3)17-18(4)14(12)19/h8,10-11H,5-7H2,1-4H3. The Bertz CT molecular complexity index is 625. The van der Waals surface area contributed by atoms with Crippen LogP contribution >= 0.6 is 11.6 Å². The number of hydrogen-bond acceptors (Lipinski definition) is 3. The summed E-state index contributed by atoms with van der Waals surface area (Å²) in [7, 11) is 1.97. The minimum Gasteiger partial charge on any atom is -0.378 e. The van der Waals surface area contributed by atoms with Crippen molar-refractivity contribution >= 4 is 22.8 Å². The highest BCUT2D eigenvalue weighted by molar-refractivity contribution is 6.20. The molecule has 2 aromatic heterocycles. The monoisotopic (exact) mass is 296 g/mol. The van der Waals surface area contributed by atoms with Gasteiger partial charge >= 0.3 is 0 Å². The molecule has 0 amide bonds. The molecular formula is C14H21ClN4O. The summed E-state index contributed by atoms with van der Waals surface area (Å²) < 4.78 is 9.84. The molecule has 1 saturated carbocycles. The van der Waals surface area contributed by atoms with Crippen molar-refractivity contribution in [3.63, 3.8) is 0 Å². The molecule has 2 aromatic rings. The van der Waals surface area contributed by atoms with Crippen molar-refractivity contribution in [1.82, 2.24) is 19.3 Å². The highest BCUT2D eigenvalue weighted by atomic mass is 35.5. The molecule has 0 aliphatic heterocycles. The fourth-order valence-corrected chi connectivity index (χ4v) is 3.23. The Hall–Kier alpha value is -1.07. The van der Waals surface area contributed by atoms with E-state index in [0.717, 1.165) is 42.1 Å². The van der Waals surface area contributed by atoms with Crippen molar-refractivity contribution < 1.29 is 4.74 Å². The summed E-state index contributed by atoms with van der Waals surface area (Å²) >= 11 is 6.32. The van der Waals surface area contributed by atoms with Gasteiger partial charge in [0.05, 0.1) is 17.2 Å². The van der Waals surface area contributed by atoms with E-state index in [2.05, 4.69) is 9.67 Å². The second kappa shape index (κ2) is 5.04. The van der Waals surface area contributed by atoms with Crippen molar-refractivity contribution in [2.75, 3.05) is 6.61 Å². The first kappa shape index (κ1) is 13.9. The number of rotatable bonds is 4. The molecule has 3 rings (SSSR count). The Labute approximate surface area is 123 Å². The Morgan fingerprint density at radius 3 is 2.75 bits per heavy atom. The second-order valence-corrected chi connectivity index (χ2v) is 6.19. The molecule has 1 fully saturated rings. The van der Waals surface area contributed by atoms with Crippen LogP contribution in [0.2, 0.25) is 0 Å². The largest absolute Gasteiger partial charge is 0.378 e. The van der Waals surface area contributed by atoms with Gasteiger partial charge in [-0.2, -0.15) is 5.10 Å². The zero-order chi connectivity index (χ0) is 14.4. The molecule has 0 saturated heterocycles. The number of fused-ring (bicyclic) bond motifs is 1. The van der Waals surface area contributed by atoms with Gasteiger partial charge in [-0.1, -0.05) is 0 Å². The zero-order valence-electron chi connectivity index (χ0n) is 12.4. The fraction of sp³-hybridized carbons (Fsp3) is 0.714. The smallest absolute Gasteiger partial charge is 0.158 e. The van der Waals surface area contributed by atoms with E-state index < -0.39 is 0 Å². The third-order valence-electron chi connectivity index (χ3n) is 4.06. The van der Waals surface area contributed by atoms with Crippen LogP contribution in [-0.2, 0) is 11.8 Å². The topological polar surface area (TPSA) is 44.9 Å². The van der Waals surface area contributed by atoms with E-state index in [1.54, 1.807) is 0 Å². The predicted octanol–water partition coefficient (Wildman–Crippen LogP) is 3.12. The van der Waals surface area contributed by atoms with Crippen LogP contribution in [0.25, 0.3) is 11.2 Å². The van der Waals surface area contributed by atoms with Gasteiger partial charge in [0.15, 0.2) is 5.65 Å². The van der Waals surface area contributed by atoms with Crippen LogP contribution in [0, 0.1) is 6.92 Å². The first-order chi connectivity index (χ1) is 9.52. The lowest BCUT2D eigenvalue weighted by Crippen LogP contribution is -2.34. The Morgan fingerprint density at radius 1 is 1.45 bits per heavy atom. The number of hydrogen-bond donors (Lipinski definition) is 0. The molecule has 0 bridgehead atoms. The number of aromatic nitrogens is 4. The summed E-state index contributed by atoms with van der Waals surface area (Å²) in [5.41, 5.74) is 3.00. The van der Waals surface area contributed by atoms with E-state index in [4.69, 9.17) is 21.3 Å². The first-order valence-corrected chi connectivity index (χ1v) is 7.63. The first-order valence-electron chi connectivity index (χ1n) is 7.20. The van der Waals surface area contributed by atoms with Gasteiger partial charge in [-0.25, -0.2) is 4.98 Å². The lowest BCUT2D eigenvalue weighted by atomic mass is 9.88. The lowest BCUT2D eigenvalue weighted by Gasteiger charge is -2.37. The predicted molar refractivity (Wildman–Crippen MR) is 79.2 cm³/mol. The van der Waals surface area contributed by atoms with E-state index in [-0.39, 0.29) is 5.38 Å². The van der Waals surface area contributed by atoms with Crippen molar-refractivity contribution in [2.24, 2.45) is 7.05 Å². The summed E-state index contributed by atoms with van der Waals surface area (Å²) in [6, 6.07) is 0.419. The molecule has 1 aliphatic carbocycles. The van der Waals surface area contributed by atoms with Crippen LogP contribution in [0.3, 0.4) is 0 Å². The van der Waals surface area contributed by atoms with Crippen LogP contribution in [0.4, 0.5) is 0 Å². The quantitative estimate of drug-likeness (QED) is 0.814. The Morgan fingerprint density at radius 2 is 2.15 bits per heavy atom.